The first-order valence-electron chi connectivity index (χ1n) is 10.5. The molecule has 3 heterocycles. The van der Waals surface area contributed by atoms with E-state index in [2.05, 4.69) is 37.0 Å². The lowest BCUT2D eigenvalue weighted by molar-refractivity contribution is 0.0950. The molecular formula is C24H25ClN6O. The molecule has 4 rings (SSSR count). The van der Waals surface area contributed by atoms with Crippen LogP contribution in [-0.4, -0.2) is 34.9 Å². The van der Waals surface area contributed by atoms with E-state index in [1.807, 2.05) is 38.1 Å². The number of benzene rings is 1. The molecule has 0 aliphatic carbocycles. The number of aromatic nitrogens is 2. The number of hydrogen-bond donors (Lipinski definition) is 3. The molecule has 0 spiro atoms. The summed E-state index contributed by atoms with van der Waals surface area (Å²) in [5.41, 5.74) is 6.13. The van der Waals surface area contributed by atoms with Crippen molar-refractivity contribution in [1.29, 1.82) is 0 Å². The zero-order valence-electron chi connectivity index (χ0n) is 18.1. The topological polar surface area (TPSA) is 91.3 Å². The minimum atomic E-state index is -0.172. The summed E-state index contributed by atoms with van der Waals surface area (Å²) in [6.45, 7) is 6.39. The average Bonchev–Trinajstić information content (AvgIpc) is 3.29. The van der Waals surface area contributed by atoms with Crippen molar-refractivity contribution in [2.75, 3.05) is 13.1 Å². The summed E-state index contributed by atoms with van der Waals surface area (Å²) in [7, 11) is 0. The van der Waals surface area contributed by atoms with E-state index in [-0.39, 0.29) is 5.91 Å². The van der Waals surface area contributed by atoms with Gasteiger partial charge >= 0.3 is 0 Å². The van der Waals surface area contributed by atoms with Crippen LogP contribution in [0.25, 0.3) is 11.1 Å². The van der Waals surface area contributed by atoms with Gasteiger partial charge in [-0.2, -0.15) is 0 Å². The fourth-order valence-corrected chi connectivity index (χ4v) is 3.80. The molecule has 0 saturated heterocycles. The molecule has 7 nitrogen and oxygen atoms in total. The number of guanidine groups is 1. The van der Waals surface area contributed by atoms with Gasteiger partial charge in [-0.25, -0.2) is 0 Å². The Labute approximate surface area is 192 Å². The molecule has 1 aromatic carbocycles. The van der Waals surface area contributed by atoms with E-state index < -0.39 is 0 Å². The number of rotatable bonds is 6. The minimum Gasteiger partial charge on any atom is -0.355 e. The van der Waals surface area contributed by atoms with E-state index in [4.69, 9.17) is 11.6 Å². The van der Waals surface area contributed by atoms with Crippen molar-refractivity contribution in [1.82, 2.24) is 25.9 Å². The number of halogens is 1. The Morgan fingerprint density at radius 3 is 2.56 bits per heavy atom. The highest BCUT2D eigenvalue weighted by molar-refractivity contribution is 6.30. The lowest BCUT2D eigenvalue weighted by Gasteiger charge is -2.13. The summed E-state index contributed by atoms with van der Waals surface area (Å²) in [4.78, 5) is 26.1. The zero-order chi connectivity index (χ0) is 22.5. The van der Waals surface area contributed by atoms with Gasteiger partial charge in [0.25, 0.3) is 5.91 Å². The molecule has 0 saturated carbocycles. The van der Waals surface area contributed by atoms with Gasteiger partial charge in [0.1, 0.15) is 0 Å². The van der Waals surface area contributed by atoms with E-state index in [0.29, 0.717) is 29.4 Å². The number of nitrogens with zero attached hydrogens (tertiary/aromatic N) is 3. The Kier molecular flexibility index (Phi) is 6.66. The van der Waals surface area contributed by atoms with Crippen LogP contribution in [0.3, 0.4) is 0 Å². The van der Waals surface area contributed by atoms with Crippen LogP contribution < -0.4 is 16.0 Å². The quantitative estimate of drug-likeness (QED) is 0.537. The first-order chi connectivity index (χ1) is 15.5. The summed E-state index contributed by atoms with van der Waals surface area (Å²) in [6, 6.07) is 13.4. The van der Waals surface area contributed by atoms with Gasteiger partial charge in [-0.15, -0.1) is 0 Å². The monoisotopic (exact) mass is 448 g/mol. The third-order valence-electron chi connectivity index (χ3n) is 5.01. The first kappa shape index (κ1) is 21.8. The molecular weight excluding hydrogens is 424 g/mol. The van der Waals surface area contributed by atoms with E-state index in [9.17, 15) is 4.79 Å². The van der Waals surface area contributed by atoms with Crippen LogP contribution in [0.4, 0.5) is 0 Å². The Balaban J connectivity index is 1.60. The van der Waals surface area contributed by atoms with Crippen molar-refractivity contribution in [3.63, 3.8) is 0 Å². The standard InChI is InChI=1S/C24H25ClN6O/c1-15-7-18(8-16(2)31-15)19-9-17(13-30-24-27-5-6-28-24)10-20(11-19)23(32)29-14-22-12-21(25)3-4-26-22/h3-4,7-12H,5-6,13-14H2,1-2H3,(H,29,32)(H2,27,28,30). The van der Waals surface area contributed by atoms with Gasteiger partial charge in [-0.1, -0.05) is 11.6 Å². The van der Waals surface area contributed by atoms with E-state index in [1.165, 1.54) is 0 Å². The molecule has 3 N–H and O–H groups in total. The van der Waals surface area contributed by atoms with E-state index >= 15 is 0 Å². The maximum absolute atomic E-state index is 13.0. The summed E-state index contributed by atoms with van der Waals surface area (Å²) in [6.07, 6.45) is 1.63. The van der Waals surface area contributed by atoms with Crippen molar-refractivity contribution in [3.05, 3.63) is 81.9 Å². The number of carbonyl (C=O) groups is 1. The fourth-order valence-electron chi connectivity index (χ4n) is 3.61. The van der Waals surface area contributed by atoms with Gasteiger partial charge in [-0.05, 0) is 73.0 Å². The van der Waals surface area contributed by atoms with Crippen LogP contribution in [0.1, 0.15) is 33.0 Å². The molecule has 1 aliphatic rings. The van der Waals surface area contributed by atoms with Crippen LogP contribution in [-0.2, 0) is 13.1 Å². The number of pyridine rings is 2. The fraction of sp³-hybridized carbons (Fsp3) is 0.250. The third-order valence-corrected chi connectivity index (χ3v) is 5.25. The Hall–Kier alpha value is -3.45. The van der Waals surface area contributed by atoms with E-state index in [1.54, 1.807) is 18.3 Å². The van der Waals surface area contributed by atoms with Crippen molar-refractivity contribution < 1.29 is 4.79 Å². The predicted octanol–water partition coefficient (Wildman–Crippen LogP) is 3.39. The lowest BCUT2D eigenvalue weighted by Crippen LogP contribution is -2.33. The molecule has 8 heteroatoms. The number of carbonyl (C=O) groups excluding carboxylic acids is 1. The Bertz CT molecular complexity index is 1160. The second-order valence-electron chi connectivity index (χ2n) is 7.72. The molecule has 0 radical (unpaired) electrons. The summed E-state index contributed by atoms with van der Waals surface area (Å²) in [5.74, 6) is 0.609. The van der Waals surface area contributed by atoms with Crippen LogP contribution >= 0.6 is 11.6 Å². The molecule has 32 heavy (non-hydrogen) atoms. The highest BCUT2D eigenvalue weighted by atomic mass is 35.5. The van der Waals surface area contributed by atoms with Gasteiger partial charge in [0.05, 0.1) is 18.8 Å². The Morgan fingerprint density at radius 2 is 1.84 bits per heavy atom. The molecule has 3 aromatic rings. The smallest absolute Gasteiger partial charge is 0.251 e. The van der Waals surface area contributed by atoms with Gasteiger partial charge in [0, 0.05) is 41.3 Å². The van der Waals surface area contributed by atoms with Crippen LogP contribution in [0.5, 0.6) is 0 Å². The lowest BCUT2D eigenvalue weighted by atomic mass is 9.98. The highest BCUT2D eigenvalue weighted by Crippen LogP contribution is 2.24. The van der Waals surface area contributed by atoms with Crippen molar-refractivity contribution in [2.24, 2.45) is 4.99 Å². The summed E-state index contributed by atoms with van der Waals surface area (Å²) >= 11 is 6.02. The SMILES string of the molecule is Cc1cc(-c2cc(CNC3=NCCN3)cc(C(=O)NCc3cc(Cl)ccn3)c2)cc(C)n1. The number of hydrogen-bond acceptors (Lipinski definition) is 6. The molecule has 1 aliphatic heterocycles. The number of nitrogens with one attached hydrogen (secondary N) is 3. The van der Waals surface area contributed by atoms with Crippen molar-refractivity contribution in [3.8, 4) is 11.1 Å². The van der Waals surface area contributed by atoms with Gasteiger partial charge in [0.2, 0.25) is 0 Å². The minimum absolute atomic E-state index is 0.172. The van der Waals surface area contributed by atoms with Crippen LogP contribution in [0.2, 0.25) is 5.02 Å². The maximum atomic E-state index is 13.0. The molecule has 0 atom stereocenters. The largest absolute Gasteiger partial charge is 0.355 e. The molecule has 2 aromatic heterocycles. The maximum Gasteiger partial charge on any atom is 0.251 e. The molecule has 0 unspecified atom stereocenters. The van der Waals surface area contributed by atoms with Crippen LogP contribution in [0, 0.1) is 13.8 Å². The van der Waals surface area contributed by atoms with Gasteiger partial charge in [-0.3, -0.25) is 19.8 Å². The normalized spacial score (nSPS) is 12.8. The van der Waals surface area contributed by atoms with E-state index in [0.717, 1.165) is 47.1 Å². The number of aliphatic imine (C=N–C) groups is 1. The highest BCUT2D eigenvalue weighted by Gasteiger charge is 2.12. The molecule has 1 amide bonds. The van der Waals surface area contributed by atoms with Gasteiger partial charge in [0.15, 0.2) is 5.96 Å². The number of amides is 1. The second kappa shape index (κ2) is 9.78. The number of aryl methyl sites for hydroxylation is 2. The zero-order valence-corrected chi connectivity index (χ0v) is 18.8. The van der Waals surface area contributed by atoms with Crippen LogP contribution in [0.15, 0.2) is 53.7 Å². The van der Waals surface area contributed by atoms with Crippen molar-refractivity contribution >= 4 is 23.5 Å². The predicted molar refractivity (Wildman–Crippen MR) is 127 cm³/mol. The molecule has 164 valence electrons. The van der Waals surface area contributed by atoms with Crippen molar-refractivity contribution in [2.45, 2.75) is 26.9 Å². The molecule has 0 fully saturated rings. The summed E-state index contributed by atoms with van der Waals surface area (Å²) < 4.78 is 0. The Morgan fingerprint density at radius 1 is 1.06 bits per heavy atom. The third kappa shape index (κ3) is 5.62. The first-order valence-corrected chi connectivity index (χ1v) is 10.8. The van der Waals surface area contributed by atoms with Gasteiger partial charge < -0.3 is 16.0 Å². The summed E-state index contributed by atoms with van der Waals surface area (Å²) in [5, 5.41) is 10.0. The second-order valence-corrected chi connectivity index (χ2v) is 8.15. The average molecular weight is 449 g/mol. The molecule has 0 bridgehead atoms.